The molecule has 0 saturated carbocycles. The summed E-state index contributed by atoms with van der Waals surface area (Å²) in [4.78, 5) is 18.2. The van der Waals surface area contributed by atoms with Crippen LogP contribution in [-0.4, -0.2) is 52.3 Å². The number of halogens is 5. The number of benzene rings is 2. The van der Waals surface area contributed by atoms with Crippen LogP contribution in [0.4, 0.5) is 23.2 Å². The normalized spacial score (nSPS) is 11.2. The molecule has 41 heavy (non-hydrogen) atoms. The van der Waals surface area contributed by atoms with Crippen molar-refractivity contribution in [3.05, 3.63) is 76.1 Å². The summed E-state index contributed by atoms with van der Waals surface area (Å²) in [5, 5.41) is 22.9. The number of carbonyl (C=O) groups is 1. The molecule has 2 heterocycles. The van der Waals surface area contributed by atoms with Crippen LogP contribution >= 0.6 is 11.6 Å². The van der Waals surface area contributed by atoms with E-state index in [4.69, 9.17) is 21.1 Å². The van der Waals surface area contributed by atoms with Gasteiger partial charge in [-0.3, -0.25) is 9.78 Å². The number of carbonyl (C=O) groups excluding carboxylic acids is 1. The molecule has 2 aromatic carbocycles. The Kier molecular flexibility index (Phi) is 8.68. The molecular weight excluding hydrogens is 570 g/mol. The zero-order valence-electron chi connectivity index (χ0n) is 21.5. The van der Waals surface area contributed by atoms with Crippen molar-refractivity contribution in [2.75, 3.05) is 25.7 Å². The van der Waals surface area contributed by atoms with E-state index in [9.17, 15) is 27.6 Å². The minimum atomic E-state index is -4.78. The first-order valence-electron chi connectivity index (χ1n) is 11.8. The number of hydrogen-bond acceptors (Lipinski definition) is 8. The van der Waals surface area contributed by atoms with Gasteiger partial charge in [0.05, 0.1) is 35.9 Å². The first-order chi connectivity index (χ1) is 19.5. The highest BCUT2D eigenvalue weighted by Gasteiger charge is 2.33. The van der Waals surface area contributed by atoms with Gasteiger partial charge in [-0.2, -0.15) is 18.4 Å². The maximum atomic E-state index is 14.8. The van der Waals surface area contributed by atoms with Crippen molar-refractivity contribution >= 4 is 23.2 Å². The Hall–Kier alpha value is -4.77. The van der Waals surface area contributed by atoms with E-state index >= 15 is 0 Å². The third-order valence-corrected chi connectivity index (χ3v) is 6.23. The number of methoxy groups -OCH3 is 1. The summed E-state index contributed by atoms with van der Waals surface area (Å²) >= 11 is 6.49. The van der Waals surface area contributed by atoms with E-state index in [-0.39, 0.29) is 51.1 Å². The average molecular weight is 590 g/mol. The van der Waals surface area contributed by atoms with Crippen LogP contribution in [0.3, 0.4) is 0 Å². The van der Waals surface area contributed by atoms with Crippen molar-refractivity contribution < 1.29 is 31.8 Å². The maximum Gasteiger partial charge on any atom is 0.433 e. The van der Waals surface area contributed by atoms with Crippen molar-refractivity contribution in [3.63, 3.8) is 0 Å². The molecule has 10 nitrogen and oxygen atoms in total. The van der Waals surface area contributed by atoms with Crippen LogP contribution in [0.15, 0.2) is 42.6 Å². The van der Waals surface area contributed by atoms with E-state index in [1.54, 1.807) is 6.07 Å². The Bertz CT molecular complexity index is 1610. The predicted molar refractivity (Wildman–Crippen MR) is 138 cm³/mol. The summed E-state index contributed by atoms with van der Waals surface area (Å²) in [6.45, 7) is 0.0919. The van der Waals surface area contributed by atoms with E-state index in [1.165, 1.54) is 38.4 Å². The number of H-pyrrole nitrogens is 1. The number of aromatic amines is 1. The molecule has 0 aliphatic carbocycles. The number of nitrogens with zero attached hydrogens (tertiary/aromatic N) is 6. The molecule has 1 amide bonds. The average Bonchev–Trinajstić information content (AvgIpc) is 3.47. The number of aryl methyl sites for hydroxylation is 1. The van der Waals surface area contributed by atoms with Gasteiger partial charge >= 0.3 is 6.18 Å². The third-order valence-electron chi connectivity index (χ3n) is 5.92. The van der Waals surface area contributed by atoms with Gasteiger partial charge in [-0.25, -0.2) is 9.49 Å². The second-order valence-electron chi connectivity index (χ2n) is 8.51. The molecule has 0 bridgehead atoms. The lowest BCUT2D eigenvalue weighted by atomic mass is 9.98. The second kappa shape index (κ2) is 12.2. The number of rotatable bonds is 9. The quantitative estimate of drug-likeness (QED) is 0.207. The number of pyridine rings is 1. The fourth-order valence-corrected chi connectivity index (χ4v) is 4.20. The summed E-state index contributed by atoms with van der Waals surface area (Å²) in [5.41, 5.74) is -1.90. The van der Waals surface area contributed by atoms with Gasteiger partial charge in [-0.05, 0) is 41.1 Å². The summed E-state index contributed by atoms with van der Waals surface area (Å²) in [7, 11) is 2.63. The van der Waals surface area contributed by atoms with Crippen LogP contribution in [0.5, 0.6) is 11.5 Å². The highest BCUT2D eigenvalue weighted by atomic mass is 35.5. The highest BCUT2D eigenvalue weighted by molar-refractivity contribution is 6.34. The Morgan fingerprint density at radius 3 is 2.63 bits per heavy atom. The number of nitriles is 1. The van der Waals surface area contributed by atoms with Gasteiger partial charge in [-0.15, -0.1) is 5.10 Å². The smallest absolute Gasteiger partial charge is 0.433 e. The lowest BCUT2D eigenvalue weighted by molar-refractivity contribution is -0.141. The highest BCUT2D eigenvalue weighted by Crippen LogP contribution is 2.39. The first kappa shape index (κ1) is 29.2. The number of aromatic nitrogens is 5. The molecule has 15 heteroatoms. The molecule has 0 unspecified atom stereocenters. The molecule has 0 radical (unpaired) electrons. The van der Waals surface area contributed by atoms with E-state index in [1.807, 2.05) is 0 Å². The zero-order valence-corrected chi connectivity index (χ0v) is 22.2. The standard InChI is InChI=1S/C26H20ClF4N7O3/c1-38(24-19(28)5-3-6-20(24)40-2)25(39)16-10-15(17-13-33-22(26(29,30)31)9-14(17)12-32)18(27)11-21(16)41-8-4-7-23-34-36-37-35-23/h3,5-6,9-11,13H,4,7-8H2,1-2H3,(H,34,35,36,37). The van der Waals surface area contributed by atoms with Gasteiger partial charge in [0.1, 0.15) is 28.7 Å². The molecule has 0 atom stereocenters. The molecule has 1 N–H and O–H groups in total. The van der Waals surface area contributed by atoms with Crippen molar-refractivity contribution in [1.29, 1.82) is 5.26 Å². The Balaban J connectivity index is 1.77. The molecule has 2 aromatic heterocycles. The van der Waals surface area contributed by atoms with Crippen LogP contribution in [0.2, 0.25) is 5.02 Å². The number of anilines is 1. The van der Waals surface area contributed by atoms with Crippen molar-refractivity contribution in [1.82, 2.24) is 25.6 Å². The lowest BCUT2D eigenvalue weighted by Crippen LogP contribution is -2.28. The van der Waals surface area contributed by atoms with Gasteiger partial charge in [0.25, 0.3) is 5.91 Å². The number of hydrogen-bond donors (Lipinski definition) is 1. The largest absolute Gasteiger partial charge is 0.494 e. The molecule has 212 valence electrons. The lowest BCUT2D eigenvalue weighted by Gasteiger charge is -2.23. The molecular formula is C26H20ClF4N7O3. The van der Waals surface area contributed by atoms with E-state index < -0.39 is 23.6 Å². The maximum absolute atomic E-state index is 14.8. The minimum absolute atomic E-state index is 0.0139. The van der Waals surface area contributed by atoms with Gasteiger partial charge in [0, 0.05) is 36.9 Å². The van der Waals surface area contributed by atoms with Gasteiger partial charge in [0.15, 0.2) is 5.82 Å². The van der Waals surface area contributed by atoms with Crippen LogP contribution in [0.25, 0.3) is 11.1 Å². The minimum Gasteiger partial charge on any atom is -0.494 e. The number of alkyl halides is 3. The van der Waals surface area contributed by atoms with Crippen LogP contribution in [0.1, 0.15) is 33.9 Å². The van der Waals surface area contributed by atoms with Gasteiger partial charge in [0.2, 0.25) is 0 Å². The molecule has 0 saturated heterocycles. The molecule has 0 aliphatic heterocycles. The molecule has 0 fully saturated rings. The fourth-order valence-electron chi connectivity index (χ4n) is 3.94. The molecule has 0 aliphatic rings. The monoisotopic (exact) mass is 589 g/mol. The van der Waals surface area contributed by atoms with E-state index in [2.05, 4.69) is 25.6 Å². The van der Waals surface area contributed by atoms with Crippen LogP contribution < -0.4 is 14.4 Å². The zero-order chi connectivity index (χ0) is 29.7. The van der Waals surface area contributed by atoms with Crippen molar-refractivity contribution in [3.8, 4) is 28.7 Å². The van der Waals surface area contributed by atoms with Crippen molar-refractivity contribution in [2.45, 2.75) is 19.0 Å². The predicted octanol–water partition coefficient (Wildman–Crippen LogP) is 5.24. The Labute approximate surface area is 235 Å². The van der Waals surface area contributed by atoms with Crippen molar-refractivity contribution in [2.24, 2.45) is 0 Å². The van der Waals surface area contributed by atoms with Crippen LogP contribution in [-0.2, 0) is 12.6 Å². The second-order valence-corrected chi connectivity index (χ2v) is 8.91. The van der Waals surface area contributed by atoms with E-state index in [0.29, 0.717) is 24.7 Å². The summed E-state index contributed by atoms with van der Waals surface area (Å²) < 4.78 is 65.5. The number of amides is 1. The number of tetrazole rings is 1. The topological polar surface area (TPSA) is 130 Å². The SMILES string of the molecule is COc1cccc(F)c1N(C)C(=O)c1cc(-c2cnc(C(F)(F)F)cc2C#N)c(Cl)cc1OCCCc1nnn[nH]1. The Morgan fingerprint density at radius 2 is 1.98 bits per heavy atom. The van der Waals surface area contributed by atoms with Gasteiger partial charge in [-0.1, -0.05) is 17.7 Å². The molecule has 4 aromatic rings. The summed E-state index contributed by atoms with van der Waals surface area (Å²) in [5.74, 6) is -0.879. The molecule has 0 spiro atoms. The Morgan fingerprint density at radius 1 is 1.20 bits per heavy atom. The number of ether oxygens (including phenoxy) is 2. The third kappa shape index (κ3) is 6.36. The number of para-hydroxylation sites is 1. The molecule has 4 rings (SSSR count). The van der Waals surface area contributed by atoms with E-state index in [0.717, 1.165) is 17.2 Å². The first-order valence-corrected chi connectivity index (χ1v) is 12.2. The summed E-state index contributed by atoms with van der Waals surface area (Å²) in [6, 6.07) is 8.89. The number of nitrogens with one attached hydrogen (secondary N) is 1. The summed E-state index contributed by atoms with van der Waals surface area (Å²) in [6.07, 6.45) is -3.07. The fraction of sp³-hybridized carbons (Fsp3) is 0.231. The van der Waals surface area contributed by atoms with Crippen LogP contribution in [0, 0.1) is 17.1 Å². The van der Waals surface area contributed by atoms with Gasteiger partial charge < -0.3 is 14.4 Å².